The maximum Gasteiger partial charge on any atom is 0.255 e. The standard InChI is InChI=1S/C22H19ClF3NOS/c1-11-6-12-2-3-13(7-11)21(12)29-19-8-14(4-5-16(19)23)22(28)27-15-9-17(24)20(26)18(25)10-15/h4-5,8-10,12-13,21H,1-3,6-7H2,(H,27,28). The molecule has 152 valence electrons. The van der Waals surface area contributed by atoms with E-state index >= 15 is 0 Å². The summed E-state index contributed by atoms with van der Waals surface area (Å²) in [6.45, 7) is 4.14. The van der Waals surface area contributed by atoms with Crippen molar-refractivity contribution >= 4 is 35.0 Å². The number of amides is 1. The summed E-state index contributed by atoms with van der Waals surface area (Å²) in [7, 11) is 0. The third kappa shape index (κ3) is 4.19. The number of hydrogen-bond donors (Lipinski definition) is 1. The van der Waals surface area contributed by atoms with Crippen LogP contribution in [0.25, 0.3) is 0 Å². The van der Waals surface area contributed by atoms with Crippen LogP contribution in [0.3, 0.4) is 0 Å². The van der Waals surface area contributed by atoms with Gasteiger partial charge in [-0.2, -0.15) is 0 Å². The number of anilines is 1. The fourth-order valence-corrected chi connectivity index (χ4v) is 6.08. The number of halogens is 4. The lowest BCUT2D eigenvalue weighted by molar-refractivity contribution is 0.102. The third-order valence-electron chi connectivity index (χ3n) is 5.64. The van der Waals surface area contributed by atoms with Gasteiger partial charge in [0.05, 0.1) is 5.02 Å². The van der Waals surface area contributed by atoms with Crippen molar-refractivity contribution in [2.75, 3.05) is 5.32 Å². The molecule has 2 fully saturated rings. The zero-order chi connectivity index (χ0) is 20.7. The van der Waals surface area contributed by atoms with Gasteiger partial charge < -0.3 is 5.32 Å². The van der Waals surface area contributed by atoms with Crippen LogP contribution in [-0.4, -0.2) is 11.2 Å². The largest absolute Gasteiger partial charge is 0.322 e. The van der Waals surface area contributed by atoms with Crippen molar-refractivity contribution in [1.29, 1.82) is 0 Å². The molecular formula is C22H19ClF3NOS. The minimum absolute atomic E-state index is 0.153. The Morgan fingerprint density at radius 3 is 2.31 bits per heavy atom. The highest BCUT2D eigenvalue weighted by molar-refractivity contribution is 8.00. The SMILES string of the molecule is C=C1CC2CCC(C1)C2Sc1cc(C(=O)Nc2cc(F)c(F)c(F)c2)ccc1Cl. The van der Waals surface area contributed by atoms with Gasteiger partial charge in [0.25, 0.3) is 5.91 Å². The van der Waals surface area contributed by atoms with Gasteiger partial charge in [-0.25, -0.2) is 13.2 Å². The van der Waals surface area contributed by atoms with Crippen LogP contribution in [0.15, 0.2) is 47.4 Å². The molecule has 1 amide bonds. The van der Waals surface area contributed by atoms with Gasteiger partial charge in [-0.05, 0) is 55.7 Å². The van der Waals surface area contributed by atoms with E-state index in [9.17, 15) is 18.0 Å². The van der Waals surface area contributed by atoms with Crippen LogP contribution < -0.4 is 5.32 Å². The maximum absolute atomic E-state index is 13.4. The van der Waals surface area contributed by atoms with Crippen molar-refractivity contribution in [3.05, 3.63) is 70.5 Å². The minimum atomic E-state index is -1.57. The molecule has 2 nitrogen and oxygen atoms in total. The van der Waals surface area contributed by atoms with Crippen LogP contribution in [0, 0.1) is 29.3 Å². The second-order valence-corrected chi connectivity index (χ2v) is 9.32. The lowest BCUT2D eigenvalue weighted by Gasteiger charge is -2.31. The third-order valence-corrected chi connectivity index (χ3v) is 7.71. The van der Waals surface area contributed by atoms with E-state index < -0.39 is 23.4 Å². The zero-order valence-electron chi connectivity index (χ0n) is 15.5. The van der Waals surface area contributed by atoms with E-state index in [1.165, 1.54) is 18.4 Å². The Hall–Kier alpha value is -1.92. The highest BCUT2D eigenvalue weighted by Crippen LogP contribution is 2.52. The van der Waals surface area contributed by atoms with Crippen LogP contribution >= 0.6 is 23.4 Å². The lowest BCUT2D eigenvalue weighted by atomic mass is 9.85. The Balaban J connectivity index is 1.52. The van der Waals surface area contributed by atoms with E-state index in [0.29, 0.717) is 27.7 Å². The molecule has 2 aliphatic carbocycles. The fraction of sp³-hybridized carbons (Fsp3) is 0.318. The molecule has 4 rings (SSSR count). The summed E-state index contributed by atoms with van der Waals surface area (Å²) in [5.41, 5.74) is 1.47. The molecule has 7 heteroatoms. The summed E-state index contributed by atoms with van der Waals surface area (Å²) in [4.78, 5) is 13.4. The summed E-state index contributed by atoms with van der Waals surface area (Å²) in [5, 5.41) is 3.41. The van der Waals surface area contributed by atoms with Crippen molar-refractivity contribution in [3.8, 4) is 0 Å². The number of thioether (sulfide) groups is 1. The first-order valence-corrected chi connectivity index (χ1v) is 10.7. The Kier molecular flexibility index (Phi) is 5.67. The monoisotopic (exact) mass is 437 g/mol. The number of nitrogens with one attached hydrogen (secondary N) is 1. The molecule has 0 spiro atoms. The van der Waals surface area contributed by atoms with Gasteiger partial charge in [-0.1, -0.05) is 23.8 Å². The average Bonchev–Trinajstić information content (AvgIpc) is 2.90. The van der Waals surface area contributed by atoms with E-state index in [1.54, 1.807) is 30.0 Å². The van der Waals surface area contributed by atoms with Gasteiger partial charge in [-0.3, -0.25) is 4.79 Å². The quantitative estimate of drug-likeness (QED) is 0.418. The maximum atomic E-state index is 13.4. The van der Waals surface area contributed by atoms with Crippen LogP contribution in [0.2, 0.25) is 5.02 Å². The Morgan fingerprint density at radius 2 is 1.69 bits per heavy atom. The molecule has 0 heterocycles. The van der Waals surface area contributed by atoms with Crippen molar-refractivity contribution in [2.24, 2.45) is 11.8 Å². The number of rotatable bonds is 4. The predicted molar refractivity (Wildman–Crippen MR) is 110 cm³/mol. The van der Waals surface area contributed by atoms with Crippen LogP contribution in [0.1, 0.15) is 36.0 Å². The number of carbonyl (C=O) groups excluding carboxylic acids is 1. The van der Waals surface area contributed by atoms with Crippen molar-refractivity contribution < 1.29 is 18.0 Å². The van der Waals surface area contributed by atoms with E-state index in [2.05, 4.69) is 11.9 Å². The van der Waals surface area contributed by atoms with E-state index in [-0.39, 0.29) is 5.69 Å². The van der Waals surface area contributed by atoms with Gasteiger partial charge in [0.15, 0.2) is 17.5 Å². The summed E-state index contributed by atoms with van der Waals surface area (Å²) in [5.74, 6) is -3.69. The smallest absolute Gasteiger partial charge is 0.255 e. The average molecular weight is 438 g/mol. The van der Waals surface area contributed by atoms with Crippen LogP contribution in [0.5, 0.6) is 0 Å². The van der Waals surface area contributed by atoms with Gasteiger partial charge in [0.2, 0.25) is 0 Å². The second kappa shape index (κ2) is 8.07. The predicted octanol–water partition coefficient (Wildman–Crippen LogP) is 6.85. The van der Waals surface area contributed by atoms with Gasteiger partial charge in [-0.15, -0.1) is 11.8 Å². The molecule has 2 aromatic carbocycles. The molecule has 1 N–H and O–H groups in total. The number of fused-ring (bicyclic) bond motifs is 2. The van der Waals surface area contributed by atoms with E-state index in [4.69, 9.17) is 11.6 Å². The normalized spacial score (nSPS) is 23.3. The summed E-state index contributed by atoms with van der Waals surface area (Å²) < 4.78 is 39.9. The van der Waals surface area contributed by atoms with Gasteiger partial charge in [0.1, 0.15) is 0 Å². The molecule has 2 atom stereocenters. The molecule has 0 aliphatic heterocycles. The highest BCUT2D eigenvalue weighted by Gasteiger charge is 2.40. The molecule has 2 aromatic rings. The zero-order valence-corrected chi connectivity index (χ0v) is 17.1. The van der Waals surface area contributed by atoms with Crippen molar-refractivity contribution in [2.45, 2.75) is 35.8 Å². The highest BCUT2D eigenvalue weighted by atomic mass is 35.5. The molecule has 0 saturated heterocycles. The molecular weight excluding hydrogens is 419 g/mol. The van der Waals surface area contributed by atoms with Gasteiger partial charge >= 0.3 is 0 Å². The molecule has 29 heavy (non-hydrogen) atoms. The van der Waals surface area contributed by atoms with E-state index in [0.717, 1.165) is 29.9 Å². The topological polar surface area (TPSA) is 29.1 Å². The first-order chi connectivity index (χ1) is 13.8. The number of hydrogen-bond acceptors (Lipinski definition) is 2. The first-order valence-electron chi connectivity index (χ1n) is 9.40. The van der Waals surface area contributed by atoms with Crippen molar-refractivity contribution in [3.63, 3.8) is 0 Å². The van der Waals surface area contributed by atoms with Crippen LogP contribution in [0.4, 0.5) is 18.9 Å². The molecule has 2 unspecified atom stereocenters. The Labute approximate surface area is 176 Å². The molecule has 0 aromatic heterocycles. The summed E-state index contributed by atoms with van der Waals surface area (Å²) >= 11 is 8.07. The van der Waals surface area contributed by atoms with Gasteiger partial charge in [0, 0.05) is 33.5 Å². The lowest BCUT2D eigenvalue weighted by Crippen LogP contribution is -2.23. The molecule has 2 aliphatic rings. The number of carbonyl (C=O) groups is 1. The number of benzene rings is 2. The molecule has 0 radical (unpaired) electrons. The Bertz CT molecular complexity index is 957. The van der Waals surface area contributed by atoms with Crippen molar-refractivity contribution in [1.82, 2.24) is 0 Å². The summed E-state index contributed by atoms with van der Waals surface area (Å²) in [6, 6.07) is 6.38. The fourth-order valence-electron chi connectivity index (χ4n) is 4.31. The molecule has 2 saturated carbocycles. The first kappa shape index (κ1) is 20.4. The van der Waals surface area contributed by atoms with Crippen LogP contribution in [-0.2, 0) is 0 Å². The second-order valence-electron chi connectivity index (χ2n) is 7.69. The molecule has 2 bridgehead atoms. The summed E-state index contributed by atoms with van der Waals surface area (Å²) in [6.07, 6.45) is 4.43. The minimum Gasteiger partial charge on any atom is -0.322 e. The Morgan fingerprint density at radius 1 is 1.07 bits per heavy atom. The van der Waals surface area contributed by atoms with E-state index in [1.807, 2.05) is 0 Å². The number of allylic oxidation sites excluding steroid dienone is 1.